The largest absolute Gasteiger partial charge is 0.458 e. The Morgan fingerprint density at radius 2 is 1.06 bits per heavy atom. The van der Waals surface area contributed by atoms with Gasteiger partial charge in [0.1, 0.15) is 34.8 Å². The van der Waals surface area contributed by atoms with E-state index in [1.54, 1.807) is 0 Å². The summed E-state index contributed by atoms with van der Waals surface area (Å²) in [5, 5.41) is 6.09. The zero-order valence-electron chi connectivity index (χ0n) is 33.1. The highest BCUT2D eigenvalue weighted by molar-refractivity contribution is 5.97. The standard InChI is InChI=1S/C45H56N2O7/c1-43(2,3)23-17-29(41(50)52-33-15-21-13-27(33)35-25(21)9-11-46-39(35)48)37-31(19-23)45(7,8)32-20-24(44(4,5)6)18-30(38(32)54-37)42(51)53-34-16-22-14-28(34)36-26(22)10-12-47-40(36)49/h17-22,25-28,33-36H,9-16H2,1-8H3,(H,46,48)(H,47,49)/t21-,22-,25+,26+,27+,28+,33+,34+,35+,36+/m1/s1. The molecule has 9 heteroatoms. The van der Waals surface area contributed by atoms with Crippen molar-refractivity contribution in [1.29, 1.82) is 0 Å². The van der Waals surface area contributed by atoms with E-state index in [-0.39, 0.29) is 58.5 Å². The van der Waals surface area contributed by atoms with Crippen LogP contribution in [0.2, 0.25) is 0 Å². The molecule has 10 atom stereocenters. The first-order valence-electron chi connectivity index (χ1n) is 20.4. The van der Waals surface area contributed by atoms with E-state index >= 15 is 0 Å². The number of fused-ring (bicyclic) bond motifs is 12. The SMILES string of the molecule is CC(C)(C)c1cc(C(=O)O[C@H]2C[C@H]3C[C@@H]2[C@H]2C(=O)NCC[C@@H]32)c2c(c1)C(C)(C)c1cc(C(C)(C)C)cc(C(=O)O[C@H]3C[C@H]4C[C@@H]3[C@H]3C(=O)NCC[C@@H]43)c1O2. The minimum Gasteiger partial charge on any atom is -0.458 e. The topological polar surface area (TPSA) is 120 Å². The zero-order valence-corrected chi connectivity index (χ0v) is 33.1. The predicted molar refractivity (Wildman–Crippen MR) is 203 cm³/mol. The molecule has 2 N–H and O–H groups in total. The van der Waals surface area contributed by atoms with Gasteiger partial charge in [0.25, 0.3) is 0 Å². The Kier molecular flexibility index (Phi) is 7.99. The molecule has 9 nitrogen and oxygen atoms in total. The van der Waals surface area contributed by atoms with Gasteiger partial charge >= 0.3 is 11.9 Å². The van der Waals surface area contributed by atoms with Gasteiger partial charge in [0, 0.05) is 53.3 Å². The van der Waals surface area contributed by atoms with E-state index in [4.69, 9.17) is 14.2 Å². The number of hydrogen-bond donors (Lipinski definition) is 2. The molecule has 0 unspecified atom stereocenters. The molecule has 0 spiro atoms. The molecule has 7 aliphatic rings. The van der Waals surface area contributed by atoms with Gasteiger partial charge in [-0.25, -0.2) is 9.59 Å². The van der Waals surface area contributed by atoms with E-state index in [0.29, 0.717) is 46.3 Å². The van der Waals surface area contributed by atoms with Crippen LogP contribution in [-0.2, 0) is 35.3 Å². The lowest BCUT2D eigenvalue weighted by Gasteiger charge is -2.40. The van der Waals surface area contributed by atoms with Crippen LogP contribution in [0.3, 0.4) is 0 Å². The van der Waals surface area contributed by atoms with Crippen molar-refractivity contribution in [1.82, 2.24) is 10.6 Å². The van der Waals surface area contributed by atoms with Crippen LogP contribution in [0.25, 0.3) is 0 Å². The van der Waals surface area contributed by atoms with Gasteiger partial charge in [-0.05, 0) is 96.3 Å². The Morgan fingerprint density at radius 1 is 0.648 bits per heavy atom. The molecular weight excluding hydrogens is 681 g/mol. The number of hydrogen-bond acceptors (Lipinski definition) is 7. The van der Waals surface area contributed by atoms with Crippen molar-refractivity contribution >= 4 is 23.8 Å². The number of rotatable bonds is 4. The first kappa shape index (κ1) is 35.8. The van der Waals surface area contributed by atoms with Gasteiger partial charge in [-0.3, -0.25) is 9.59 Å². The lowest BCUT2D eigenvalue weighted by molar-refractivity contribution is -0.134. The van der Waals surface area contributed by atoms with E-state index in [0.717, 1.165) is 73.9 Å². The summed E-state index contributed by atoms with van der Waals surface area (Å²) in [6.07, 6.45) is 4.68. The number of piperidine rings is 2. The third-order valence-electron chi connectivity index (χ3n) is 14.8. The van der Waals surface area contributed by atoms with Crippen LogP contribution in [0.1, 0.15) is 137 Å². The Labute approximate surface area is 319 Å². The van der Waals surface area contributed by atoms with Crippen LogP contribution >= 0.6 is 0 Å². The van der Waals surface area contributed by atoms with E-state index in [2.05, 4.69) is 78.2 Å². The van der Waals surface area contributed by atoms with Crippen molar-refractivity contribution in [2.75, 3.05) is 13.1 Å². The van der Waals surface area contributed by atoms with Crippen molar-refractivity contribution < 1.29 is 33.4 Å². The molecule has 54 heavy (non-hydrogen) atoms. The number of benzene rings is 2. The number of amides is 2. The quantitative estimate of drug-likeness (QED) is 0.315. The number of nitrogens with one attached hydrogen (secondary N) is 2. The average Bonchev–Trinajstić information content (AvgIpc) is 3.88. The molecule has 3 heterocycles. The first-order chi connectivity index (χ1) is 25.4. The summed E-state index contributed by atoms with van der Waals surface area (Å²) in [4.78, 5) is 55.0. The van der Waals surface area contributed by atoms with Crippen molar-refractivity contribution in [3.05, 3.63) is 57.6 Å². The predicted octanol–water partition coefficient (Wildman–Crippen LogP) is 7.35. The third-order valence-corrected chi connectivity index (χ3v) is 14.8. The first-order valence-corrected chi connectivity index (χ1v) is 20.4. The van der Waals surface area contributed by atoms with Gasteiger partial charge in [0.15, 0.2) is 0 Å². The van der Waals surface area contributed by atoms with Crippen LogP contribution in [0.5, 0.6) is 11.5 Å². The highest BCUT2D eigenvalue weighted by Crippen LogP contribution is 2.58. The molecule has 2 saturated heterocycles. The monoisotopic (exact) mass is 736 g/mol. The second-order valence-electron chi connectivity index (χ2n) is 20.2. The van der Waals surface area contributed by atoms with Crippen molar-refractivity contribution in [2.45, 2.75) is 122 Å². The summed E-state index contributed by atoms with van der Waals surface area (Å²) in [6.45, 7) is 18.5. The molecule has 288 valence electrons. The van der Waals surface area contributed by atoms with Gasteiger partial charge in [-0.1, -0.05) is 67.5 Å². The normalized spacial score (nSPS) is 34.1. The van der Waals surface area contributed by atoms with Gasteiger partial charge in [0.05, 0.1) is 0 Å². The number of carbonyl (C=O) groups is 4. The van der Waals surface area contributed by atoms with E-state index in [1.807, 2.05) is 12.1 Å². The molecule has 4 aliphatic carbocycles. The minimum absolute atomic E-state index is 0.0157. The maximum absolute atomic E-state index is 14.5. The number of ether oxygens (including phenoxy) is 3. The van der Waals surface area contributed by atoms with Gasteiger partial charge in [-0.15, -0.1) is 0 Å². The van der Waals surface area contributed by atoms with Gasteiger partial charge < -0.3 is 24.8 Å². The van der Waals surface area contributed by atoms with Crippen LogP contribution in [0.4, 0.5) is 0 Å². The third kappa shape index (κ3) is 5.44. The highest BCUT2D eigenvalue weighted by Gasteiger charge is 2.59. The Balaban J connectivity index is 1.09. The maximum atomic E-state index is 14.5. The molecule has 4 saturated carbocycles. The molecule has 2 aromatic carbocycles. The number of esters is 2. The molecule has 6 fully saturated rings. The molecule has 3 aliphatic heterocycles. The fraction of sp³-hybridized carbons (Fsp3) is 0.644. The smallest absolute Gasteiger partial charge is 0.342 e. The van der Waals surface area contributed by atoms with Crippen LogP contribution in [0.15, 0.2) is 24.3 Å². The van der Waals surface area contributed by atoms with Crippen molar-refractivity contribution in [3.63, 3.8) is 0 Å². The van der Waals surface area contributed by atoms with E-state index in [1.165, 1.54) is 0 Å². The second-order valence-corrected chi connectivity index (χ2v) is 20.2. The van der Waals surface area contributed by atoms with Gasteiger partial charge in [0.2, 0.25) is 11.8 Å². The summed E-state index contributed by atoms with van der Waals surface area (Å²) in [5.74, 6) is 1.41. The number of carbonyl (C=O) groups excluding carboxylic acids is 4. The van der Waals surface area contributed by atoms with Crippen LogP contribution in [0, 0.1) is 47.3 Å². The van der Waals surface area contributed by atoms with E-state index in [9.17, 15) is 19.2 Å². The maximum Gasteiger partial charge on any atom is 0.342 e. The minimum atomic E-state index is -0.658. The lowest BCUT2D eigenvalue weighted by Crippen LogP contribution is -2.48. The van der Waals surface area contributed by atoms with E-state index < -0.39 is 17.4 Å². The molecular formula is C45H56N2O7. The highest BCUT2D eigenvalue weighted by atomic mass is 16.6. The summed E-state index contributed by atoms with van der Waals surface area (Å²) < 4.78 is 19.7. The molecule has 9 rings (SSSR count). The Bertz CT molecular complexity index is 1830. The zero-order chi connectivity index (χ0) is 38.2. The lowest BCUT2D eigenvalue weighted by atomic mass is 9.70. The fourth-order valence-corrected chi connectivity index (χ4v) is 11.9. The molecule has 0 radical (unpaired) electrons. The van der Waals surface area contributed by atoms with Crippen LogP contribution in [-0.4, -0.2) is 49.1 Å². The summed E-state index contributed by atoms with van der Waals surface area (Å²) in [5.41, 5.74) is 3.16. The van der Waals surface area contributed by atoms with Crippen molar-refractivity contribution in [3.8, 4) is 11.5 Å². The summed E-state index contributed by atoms with van der Waals surface area (Å²) >= 11 is 0. The summed E-state index contributed by atoms with van der Waals surface area (Å²) in [6, 6.07) is 8.08. The second kappa shape index (κ2) is 12.1. The molecule has 4 bridgehead atoms. The Morgan fingerprint density at radius 3 is 1.44 bits per heavy atom. The molecule has 0 aromatic heterocycles. The van der Waals surface area contributed by atoms with Gasteiger partial charge in [-0.2, -0.15) is 0 Å². The molecule has 2 amide bonds. The van der Waals surface area contributed by atoms with Crippen LogP contribution < -0.4 is 15.4 Å². The Hall–Kier alpha value is -3.88. The van der Waals surface area contributed by atoms with Crippen molar-refractivity contribution in [2.24, 2.45) is 47.3 Å². The summed E-state index contributed by atoms with van der Waals surface area (Å²) in [7, 11) is 0. The fourth-order valence-electron chi connectivity index (χ4n) is 11.9. The molecule has 2 aromatic rings. The average molecular weight is 737 g/mol.